The molecule has 0 unspecified atom stereocenters. The van der Waals surface area contributed by atoms with Crippen LogP contribution in [-0.4, -0.2) is 55.2 Å². The van der Waals surface area contributed by atoms with Crippen LogP contribution in [0, 0.1) is 87.8 Å². The maximum atomic E-state index is 12.8. The standard InChI is InChI=1S/C10H11F3O3S.C9H11F.C9H12O.C8H9FO.C2F6O5S2.BBr3.Cs.FH/c1-6-4-7(2)8(3)9(5-6)16-17(14,15)10(11,12)13;2*1-6-4-7(2)8(3)9(10)5-6;1-5-3-7(9)6(2)8(10)4-5;3-1(4,5)14(9,10)13-15(11,12)2(6,7)8;2-1(3)4;;/h4-5H,1-3H3;4-5H,1-3H3;4-5,10H,1-3H3;3-4,10H,1-2H3;;;;1H/q;;;;;;+1;/p-1. The minimum absolute atomic E-state index is 0. The summed E-state index contributed by atoms with van der Waals surface area (Å²) in [6.45, 7) is 19.6. The molecule has 0 amide bonds. The summed E-state index contributed by atoms with van der Waals surface area (Å²) in [6, 6.07) is 13.3. The van der Waals surface area contributed by atoms with Gasteiger partial charge in [-0.25, -0.2) is 8.78 Å². The van der Waals surface area contributed by atoms with Gasteiger partial charge in [-0.2, -0.15) is 64.8 Å². The predicted molar refractivity (Wildman–Crippen MR) is 240 cm³/mol. The average molecular weight is 1370 g/mol. The molecular weight excluding hydrogens is 1320 g/mol. The molecule has 0 atom stereocenters. The summed E-state index contributed by atoms with van der Waals surface area (Å²) in [4.78, 5) is 0. The second-order valence-corrected chi connectivity index (χ2v) is 24.9. The summed E-state index contributed by atoms with van der Waals surface area (Å²) in [5, 5.41) is 18.3. The van der Waals surface area contributed by atoms with Gasteiger partial charge in [0.15, 0.2) is 0 Å². The largest absolute Gasteiger partial charge is 1.00 e. The van der Waals surface area contributed by atoms with E-state index in [9.17, 15) is 78.7 Å². The van der Waals surface area contributed by atoms with E-state index in [0.717, 1.165) is 38.9 Å². The van der Waals surface area contributed by atoms with Crippen LogP contribution in [0.1, 0.15) is 61.2 Å². The van der Waals surface area contributed by atoms with Crippen molar-refractivity contribution in [2.75, 3.05) is 0 Å². The molecule has 4 aromatic rings. The number of halogens is 15. The normalized spacial score (nSPS) is 11.3. The molecule has 0 saturated carbocycles. The van der Waals surface area contributed by atoms with E-state index in [1.165, 1.54) is 19.1 Å². The molecule has 0 fully saturated rings. The Morgan fingerprint density at radius 2 is 0.721 bits per heavy atom. The molecule has 0 bridgehead atoms. The number of rotatable bonds is 4. The molecule has 0 aromatic heterocycles. The summed E-state index contributed by atoms with van der Waals surface area (Å²) in [7, 11) is -19.3. The van der Waals surface area contributed by atoms with Crippen LogP contribution in [-0.2, 0) is 34.0 Å². The maximum absolute atomic E-state index is 12.8. The average Bonchev–Trinajstić information content (AvgIpc) is 3.09. The fourth-order valence-corrected chi connectivity index (χ4v) is 6.31. The first-order valence-electron chi connectivity index (χ1n) is 17.6. The van der Waals surface area contributed by atoms with Crippen molar-refractivity contribution >= 4 is 80.8 Å². The van der Waals surface area contributed by atoms with Crippen LogP contribution in [0.4, 0.5) is 48.3 Å². The van der Waals surface area contributed by atoms with E-state index < -0.39 is 46.9 Å². The molecular formula is C38H43BBr3CsF12O10S3. The maximum Gasteiger partial charge on any atom is 1.00 e. The molecule has 0 saturated heterocycles. The summed E-state index contributed by atoms with van der Waals surface area (Å²) in [5.74, 6) is -0.315. The summed E-state index contributed by atoms with van der Waals surface area (Å²) < 4.78 is 198. The molecule has 4 aromatic carbocycles. The Labute approximate surface area is 471 Å². The van der Waals surface area contributed by atoms with Crippen molar-refractivity contribution < 1.29 is 165 Å². The molecule has 2 N–H and O–H groups in total. The Hall–Kier alpha value is -1.19. The van der Waals surface area contributed by atoms with E-state index >= 15 is 0 Å². The van der Waals surface area contributed by atoms with Gasteiger partial charge in [0, 0.05) is 5.56 Å². The number of hydrogen-bond donors (Lipinski definition) is 2. The molecule has 4 rings (SSSR count). The van der Waals surface area contributed by atoms with Crippen molar-refractivity contribution in [3.05, 3.63) is 121 Å². The third-order valence-corrected chi connectivity index (χ3v) is 11.5. The fourth-order valence-electron chi connectivity index (χ4n) is 4.25. The Morgan fingerprint density at radius 3 is 1.03 bits per heavy atom. The molecule has 30 heteroatoms. The fraction of sp³-hybridized carbons (Fsp3) is 0.368. The van der Waals surface area contributed by atoms with Crippen molar-refractivity contribution in [3.63, 3.8) is 0 Å². The predicted octanol–water partition coefficient (Wildman–Crippen LogP) is 6.92. The van der Waals surface area contributed by atoms with Gasteiger partial charge in [0.1, 0.15) is 28.9 Å². The van der Waals surface area contributed by atoms with Crippen LogP contribution in [0.3, 0.4) is 0 Å². The Kier molecular flexibility index (Phi) is 32.5. The second kappa shape index (κ2) is 30.1. The number of hydrogen-bond acceptors (Lipinski definition) is 10. The third-order valence-electron chi connectivity index (χ3n) is 7.99. The van der Waals surface area contributed by atoms with E-state index in [2.05, 4.69) is 57.5 Å². The van der Waals surface area contributed by atoms with Gasteiger partial charge in [-0.3, -0.25) is 0 Å². The molecule has 68 heavy (non-hydrogen) atoms. The number of phenolic OH excluding ortho intramolecular Hbond substituents is 2. The van der Waals surface area contributed by atoms with Crippen LogP contribution in [0.25, 0.3) is 0 Å². The smallest absolute Gasteiger partial charge is 1.00 e. The van der Waals surface area contributed by atoms with E-state index in [4.69, 9.17) is 5.11 Å². The van der Waals surface area contributed by atoms with Gasteiger partial charge in [0.05, 0.1) is 0 Å². The molecule has 0 aliphatic heterocycles. The van der Waals surface area contributed by atoms with Crippen molar-refractivity contribution in [2.45, 2.75) is 92.7 Å². The second-order valence-electron chi connectivity index (χ2n) is 13.6. The van der Waals surface area contributed by atoms with E-state index in [0.29, 0.717) is 28.0 Å². The summed E-state index contributed by atoms with van der Waals surface area (Å²) in [6.07, 6.45) is 0. The van der Waals surface area contributed by atoms with Crippen LogP contribution in [0.2, 0.25) is 0 Å². The molecule has 10 nitrogen and oxygen atoms in total. The van der Waals surface area contributed by atoms with Crippen LogP contribution in [0.15, 0.2) is 48.5 Å². The van der Waals surface area contributed by atoms with Crippen molar-refractivity contribution in [3.8, 4) is 17.2 Å². The number of benzene rings is 4. The van der Waals surface area contributed by atoms with Gasteiger partial charge < -0.3 is 19.1 Å². The van der Waals surface area contributed by atoms with Crippen molar-refractivity contribution in [1.29, 1.82) is 0 Å². The van der Waals surface area contributed by atoms with Crippen molar-refractivity contribution in [1.82, 2.24) is 0 Å². The van der Waals surface area contributed by atoms with Crippen LogP contribution in [0.5, 0.6) is 17.2 Å². The third kappa shape index (κ3) is 26.0. The number of aromatic hydroxyl groups is 2. The van der Waals surface area contributed by atoms with Gasteiger partial charge in [0.25, 0.3) is 0 Å². The van der Waals surface area contributed by atoms with E-state index in [1.54, 1.807) is 58.9 Å². The Morgan fingerprint density at radius 1 is 0.456 bits per heavy atom. The van der Waals surface area contributed by atoms with Gasteiger partial charge in [-0.1, -0.05) is 18.2 Å². The number of phenols is 2. The SMILES string of the molecule is BrB(Br)Br.Cc1cc(C)c(C)c(F)c1.Cc1cc(C)c(C)c(O)c1.Cc1cc(C)c(C)c(OS(=O)(=O)C(F)(F)F)c1.Cc1cc(O)c(C)c(F)c1.O=S(=O)(OS(=O)(=O)C(F)(F)F)C(F)(F)F.[Cs+].[F-]. The Balaban J connectivity index is -0.000000372. The zero-order valence-corrected chi connectivity index (χ0v) is 51.2. The molecule has 0 aliphatic carbocycles. The topological polar surface area (TPSA) is 161 Å². The van der Waals surface area contributed by atoms with Gasteiger partial charge in [0.2, 0.25) is 0 Å². The number of alkyl halides is 9. The minimum atomic E-state index is -6.85. The zero-order valence-electron chi connectivity index (χ0n) is 37.8. The molecule has 382 valence electrons. The van der Waals surface area contributed by atoms with E-state index in [1.807, 2.05) is 44.3 Å². The first-order valence-corrected chi connectivity index (χ1v) is 24.6. The first-order chi connectivity index (χ1) is 29.3. The zero-order chi connectivity index (χ0) is 52.9. The van der Waals surface area contributed by atoms with Crippen LogP contribution >= 0.6 is 47.3 Å². The molecule has 0 aliphatic rings. The molecule has 0 heterocycles. The summed E-state index contributed by atoms with van der Waals surface area (Å²) in [5.41, 5.74) is -9.23. The van der Waals surface area contributed by atoms with Crippen molar-refractivity contribution in [2.24, 2.45) is 0 Å². The van der Waals surface area contributed by atoms with Gasteiger partial charge in [-0.05, 0) is 162 Å². The quantitative estimate of drug-likeness (QED) is 0.0951. The first kappa shape index (κ1) is 73.3. The molecule has 0 radical (unpaired) electrons. The van der Waals surface area contributed by atoms with Gasteiger partial charge >= 0.3 is 119 Å². The van der Waals surface area contributed by atoms with Gasteiger partial charge in [-0.15, -0.1) is 50.9 Å². The molecule has 0 spiro atoms. The Bertz CT molecular complexity index is 2370. The number of aryl methyl sites for hydroxylation is 7. The van der Waals surface area contributed by atoms with Crippen LogP contribution < -0.4 is 77.8 Å². The van der Waals surface area contributed by atoms with E-state index in [-0.39, 0.29) is 99.9 Å². The summed E-state index contributed by atoms with van der Waals surface area (Å²) >= 11 is 9.31. The monoisotopic (exact) mass is 1360 g/mol. The minimum Gasteiger partial charge on any atom is -1.00 e.